The third-order valence-electron chi connectivity index (χ3n) is 3.87. The standard InChI is InChI=1S/C13H14N2S/c1-2-4-10-9(3-1)5-6-11-12(10)15-7-8-16-13(15)14-11/h1-4,11-12H,5-8H2/t11-,12-/m1/s1. The van der Waals surface area contributed by atoms with E-state index in [1.165, 1.54) is 41.4 Å². The lowest BCUT2D eigenvalue weighted by atomic mass is 9.84. The summed E-state index contributed by atoms with van der Waals surface area (Å²) in [5.41, 5.74) is 3.07. The Labute approximate surface area is 99.7 Å². The first kappa shape index (κ1) is 9.11. The summed E-state index contributed by atoms with van der Waals surface area (Å²) >= 11 is 1.93. The molecule has 0 radical (unpaired) electrons. The number of hydrogen-bond donors (Lipinski definition) is 0. The molecule has 2 nitrogen and oxygen atoms in total. The van der Waals surface area contributed by atoms with Gasteiger partial charge in [0.05, 0.1) is 12.1 Å². The van der Waals surface area contributed by atoms with Crippen LogP contribution in [0, 0.1) is 0 Å². The zero-order chi connectivity index (χ0) is 10.5. The molecule has 82 valence electrons. The molecule has 1 aliphatic carbocycles. The minimum Gasteiger partial charge on any atom is -0.341 e. The van der Waals surface area contributed by atoms with Gasteiger partial charge in [-0.3, -0.25) is 4.99 Å². The maximum absolute atomic E-state index is 4.88. The number of rotatable bonds is 0. The molecule has 1 fully saturated rings. The van der Waals surface area contributed by atoms with Crippen molar-refractivity contribution in [2.45, 2.75) is 24.9 Å². The highest BCUT2D eigenvalue weighted by Crippen LogP contribution is 2.44. The molecule has 0 aromatic heterocycles. The van der Waals surface area contributed by atoms with E-state index in [0.717, 1.165) is 0 Å². The van der Waals surface area contributed by atoms with Crippen molar-refractivity contribution < 1.29 is 0 Å². The first-order valence-electron chi connectivity index (χ1n) is 5.98. The van der Waals surface area contributed by atoms with E-state index in [4.69, 9.17) is 4.99 Å². The van der Waals surface area contributed by atoms with E-state index < -0.39 is 0 Å². The first-order valence-corrected chi connectivity index (χ1v) is 6.97. The van der Waals surface area contributed by atoms with Crippen molar-refractivity contribution in [1.29, 1.82) is 0 Å². The summed E-state index contributed by atoms with van der Waals surface area (Å²) in [5.74, 6) is 1.21. The predicted molar refractivity (Wildman–Crippen MR) is 67.9 cm³/mol. The Morgan fingerprint density at radius 2 is 2.25 bits per heavy atom. The minimum atomic E-state index is 0.526. The topological polar surface area (TPSA) is 15.6 Å². The van der Waals surface area contributed by atoms with Gasteiger partial charge in [0, 0.05) is 12.3 Å². The zero-order valence-corrected chi connectivity index (χ0v) is 9.91. The summed E-state index contributed by atoms with van der Waals surface area (Å²) in [6.07, 6.45) is 2.43. The fourth-order valence-electron chi connectivity index (χ4n) is 3.15. The van der Waals surface area contributed by atoms with Crippen molar-refractivity contribution in [3.63, 3.8) is 0 Å². The number of amidine groups is 1. The zero-order valence-electron chi connectivity index (χ0n) is 9.10. The lowest BCUT2D eigenvalue weighted by molar-refractivity contribution is 0.309. The van der Waals surface area contributed by atoms with E-state index in [1.54, 1.807) is 0 Å². The molecule has 0 bridgehead atoms. The molecule has 1 aromatic carbocycles. The van der Waals surface area contributed by atoms with Crippen LogP contribution in [0.5, 0.6) is 0 Å². The highest BCUT2D eigenvalue weighted by molar-refractivity contribution is 8.14. The maximum Gasteiger partial charge on any atom is 0.160 e. The fourth-order valence-corrected chi connectivity index (χ4v) is 4.21. The number of benzene rings is 1. The van der Waals surface area contributed by atoms with E-state index in [0.29, 0.717) is 12.1 Å². The third kappa shape index (κ3) is 1.12. The predicted octanol–water partition coefficient (Wildman–Crippen LogP) is 2.46. The third-order valence-corrected chi connectivity index (χ3v) is 4.85. The van der Waals surface area contributed by atoms with Crippen LogP contribution in [0.3, 0.4) is 0 Å². The lowest BCUT2D eigenvalue weighted by Gasteiger charge is -2.32. The molecule has 0 amide bonds. The largest absolute Gasteiger partial charge is 0.341 e. The number of thioether (sulfide) groups is 1. The molecular formula is C13H14N2S. The summed E-state index contributed by atoms with van der Waals surface area (Å²) in [6, 6.07) is 9.99. The summed E-state index contributed by atoms with van der Waals surface area (Å²) in [5, 5.41) is 1.30. The van der Waals surface area contributed by atoms with Gasteiger partial charge in [0.15, 0.2) is 5.17 Å². The average molecular weight is 230 g/mol. The molecule has 2 aliphatic heterocycles. The van der Waals surface area contributed by atoms with Crippen molar-refractivity contribution in [3.05, 3.63) is 35.4 Å². The molecule has 1 saturated heterocycles. The highest BCUT2D eigenvalue weighted by atomic mass is 32.2. The Balaban J connectivity index is 1.83. The summed E-state index contributed by atoms with van der Waals surface area (Å²) in [6.45, 7) is 1.18. The van der Waals surface area contributed by atoms with Gasteiger partial charge in [0.1, 0.15) is 0 Å². The van der Waals surface area contributed by atoms with E-state index in [2.05, 4.69) is 29.2 Å². The van der Waals surface area contributed by atoms with Crippen LogP contribution in [0.2, 0.25) is 0 Å². The van der Waals surface area contributed by atoms with Gasteiger partial charge in [0.25, 0.3) is 0 Å². The van der Waals surface area contributed by atoms with Gasteiger partial charge in [-0.1, -0.05) is 36.0 Å². The molecule has 3 aliphatic rings. The van der Waals surface area contributed by atoms with Gasteiger partial charge in [-0.15, -0.1) is 0 Å². The van der Waals surface area contributed by atoms with Crippen LogP contribution in [-0.2, 0) is 6.42 Å². The Kier molecular flexibility index (Phi) is 1.86. The summed E-state index contributed by atoms with van der Waals surface area (Å²) in [7, 11) is 0. The van der Waals surface area contributed by atoms with Crippen LogP contribution in [0.15, 0.2) is 29.3 Å². The SMILES string of the molecule is c1ccc2c(c1)CC[C@H]1N=C3SCCN3[C@H]21. The van der Waals surface area contributed by atoms with Crippen molar-refractivity contribution >= 4 is 16.9 Å². The molecule has 1 aromatic rings. The maximum atomic E-state index is 4.88. The highest BCUT2D eigenvalue weighted by Gasteiger charge is 2.42. The van der Waals surface area contributed by atoms with Crippen molar-refractivity contribution in [1.82, 2.24) is 4.90 Å². The number of hydrogen-bond acceptors (Lipinski definition) is 3. The second-order valence-electron chi connectivity index (χ2n) is 4.70. The smallest absolute Gasteiger partial charge is 0.160 e. The fraction of sp³-hybridized carbons (Fsp3) is 0.462. The first-order chi connectivity index (χ1) is 7.93. The van der Waals surface area contributed by atoms with Gasteiger partial charge in [-0.25, -0.2) is 0 Å². The molecule has 0 unspecified atom stereocenters. The molecule has 0 saturated carbocycles. The van der Waals surface area contributed by atoms with Crippen LogP contribution >= 0.6 is 11.8 Å². The van der Waals surface area contributed by atoms with E-state index in [9.17, 15) is 0 Å². The van der Waals surface area contributed by atoms with Crippen molar-refractivity contribution in [2.75, 3.05) is 12.3 Å². The normalized spacial score (nSPS) is 30.8. The van der Waals surface area contributed by atoms with Crippen LogP contribution in [0.1, 0.15) is 23.6 Å². The molecule has 0 N–H and O–H groups in total. The summed E-state index contributed by atoms with van der Waals surface area (Å²) < 4.78 is 0. The quantitative estimate of drug-likeness (QED) is 0.680. The number of aryl methyl sites for hydroxylation is 1. The van der Waals surface area contributed by atoms with Gasteiger partial charge in [0.2, 0.25) is 0 Å². The monoisotopic (exact) mass is 230 g/mol. The average Bonchev–Trinajstić information content (AvgIpc) is 2.88. The molecule has 0 spiro atoms. The summed E-state index contributed by atoms with van der Waals surface area (Å²) in [4.78, 5) is 7.40. The number of nitrogens with zero attached hydrogens (tertiary/aromatic N) is 2. The van der Waals surface area contributed by atoms with Crippen LogP contribution < -0.4 is 0 Å². The number of aliphatic imine (C=N–C) groups is 1. The molecule has 3 heteroatoms. The second kappa shape index (κ2) is 3.27. The van der Waals surface area contributed by atoms with Crippen LogP contribution in [-0.4, -0.2) is 28.4 Å². The second-order valence-corrected chi connectivity index (χ2v) is 5.77. The van der Waals surface area contributed by atoms with Crippen LogP contribution in [0.25, 0.3) is 0 Å². The molecule has 2 atom stereocenters. The van der Waals surface area contributed by atoms with Gasteiger partial charge >= 0.3 is 0 Å². The number of fused-ring (bicyclic) bond motifs is 5. The minimum absolute atomic E-state index is 0.526. The van der Waals surface area contributed by atoms with Gasteiger partial charge in [-0.05, 0) is 24.0 Å². The van der Waals surface area contributed by atoms with E-state index in [-0.39, 0.29) is 0 Å². The Hall–Kier alpha value is -0.960. The van der Waals surface area contributed by atoms with E-state index in [1.807, 2.05) is 11.8 Å². The van der Waals surface area contributed by atoms with Crippen molar-refractivity contribution in [2.24, 2.45) is 4.99 Å². The van der Waals surface area contributed by atoms with Gasteiger partial charge < -0.3 is 4.90 Å². The van der Waals surface area contributed by atoms with Crippen molar-refractivity contribution in [3.8, 4) is 0 Å². The Morgan fingerprint density at radius 1 is 1.31 bits per heavy atom. The molecule has 16 heavy (non-hydrogen) atoms. The van der Waals surface area contributed by atoms with Gasteiger partial charge in [-0.2, -0.15) is 0 Å². The van der Waals surface area contributed by atoms with Crippen LogP contribution in [0.4, 0.5) is 0 Å². The molecule has 2 heterocycles. The van der Waals surface area contributed by atoms with E-state index >= 15 is 0 Å². The molecule has 4 rings (SSSR count). The lowest BCUT2D eigenvalue weighted by Crippen LogP contribution is -2.33. The Morgan fingerprint density at radius 3 is 3.25 bits per heavy atom. The molecular weight excluding hydrogens is 216 g/mol. The Bertz CT molecular complexity index is 469.